The third-order valence-electron chi connectivity index (χ3n) is 6.31. The summed E-state index contributed by atoms with van der Waals surface area (Å²) in [4.78, 5) is 15.3. The van der Waals surface area contributed by atoms with Gasteiger partial charge in [0.2, 0.25) is 15.9 Å². The first-order chi connectivity index (χ1) is 12.5. The monoisotopic (exact) mass is 377 g/mol. The maximum Gasteiger partial charge on any atom is 0.243 e. The predicted molar refractivity (Wildman–Crippen MR) is 98.7 cm³/mol. The SMILES string of the molecule is NC1CCC2CN(C(=O)C3CCCCN3S(=O)(=O)c3ccccc3)CC12. The molecular formula is C19H27N3O3S. The van der Waals surface area contributed by atoms with Gasteiger partial charge in [0.1, 0.15) is 6.04 Å². The van der Waals surface area contributed by atoms with Crippen LogP contribution in [0.4, 0.5) is 0 Å². The van der Waals surface area contributed by atoms with Crippen molar-refractivity contribution in [3.05, 3.63) is 30.3 Å². The first kappa shape index (κ1) is 17.9. The zero-order chi connectivity index (χ0) is 18.3. The van der Waals surface area contributed by atoms with Crippen LogP contribution in [-0.4, -0.2) is 55.2 Å². The van der Waals surface area contributed by atoms with E-state index in [1.165, 1.54) is 4.31 Å². The molecule has 0 spiro atoms. The van der Waals surface area contributed by atoms with Crippen molar-refractivity contribution in [1.29, 1.82) is 0 Å². The fourth-order valence-corrected chi connectivity index (χ4v) is 6.54. The molecule has 2 heterocycles. The summed E-state index contributed by atoms with van der Waals surface area (Å²) in [5.41, 5.74) is 6.19. The van der Waals surface area contributed by atoms with Gasteiger partial charge in [-0.1, -0.05) is 24.6 Å². The van der Waals surface area contributed by atoms with Gasteiger partial charge in [-0.25, -0.2) is 8.42 Å². The average Bonchev–Trinajstić information content (AvgIpc) is 3.24. The van der Waals surface area contributed by atoms with E-state index in [4.69, 9.17) is 5.73 Å². The molecule has 2 N–H and O–H groups in total. The lowest BCUT2D eigenvalue weighted by Crippen LogP contribution is -2.52. The van der Waals surface area contributed by atoms with Crippen molar-refractivity contribution < 1.29 is 13.2 Å². The number of carbonyl (C=O) groups excluding carboxylic acids is 1. The Kier molecular flexibility index (Phi) is 4.79. The number of benzene rings is 1. The summed E-state index contributed by atoms with van der Waals surface area (Å²) in [6, 6.07) is 8.03. The van der Waals surface area contributed by atoms with E-state index >= 15 is 0 Å². The predicted octanol–water partition coefficient (Wildman–Crippen LogP) is 1.43. The van der Waals surface area contributed by atoms with E-state index < -0.39 is 16.1 Å². The summed E-state index contributed by atoms with van der Waals surface area (Å²) in [7, 11) is -3.65. The van der Waals surface area contributed by atoms with E-state index in [9.17, 15) is 13.2 Å². The number of sulfonamides is 1. The Labute approximate surface area is 155 Å². The molecule has 26 heavy (non-hydrogen) atoms. The minimum Gasteiger partial charge on any atom is -0.341 e. The van der Waals surface area contributed by atoms with Crippen LogP contribution < -0.4 is 5.73 Å². The molecule has 2 saturated heterocycles. The Balaban J connectivity index is 1.55. The van der Waals surface area contributed by atoms with Crippen molar-refractivity contribution in [1.82, 2.24) is 9.21 Å². The molecule has 2 aliphatic heterocycles. The van der Waals surface area contributed by atoms with Crippen LogP contribution in [0.1, 0.15) is 32.1 Å². The molecule has 1 saturated carbocycles. The molecule has 0 bridgehead atoms. The van der Waals surface area contributed by atoms with Gasteiger partial charge in [-0.2, -0.15) is 4.31 Å². The summed E-state index contributed by atoms with van der Waals surface area (Å²) in [5, 5.41) is 0. The van der Waals surface area contributed by atoms with Gasteiger partial charge >= 0.3 is 0 Å². The normalized spacial score (nSPS) is 32.6. The minimum absolute atomic E-state index is 0.0363. The quantitative estimate of drug-likeness (QED) is 0.864. The maximum absolute atomic E-state index is 13.2. The molecule has 1 aliphatic carbocycles. The highest BCUT2D eigenvalue weighted by molar-refractivity contribution is 7.89. The second-order valence-corrected chi connectivity index (χ2v) is 9.74. The van der Waals surface area contributed by atoms with E-state index in [0.717, 1.165) is 32.2 Å². The minimum atomic E-state index is -3.65. The molecule has 142 valence electrons. The van der Waals surface area contributed by atoms with Gasteiger partial charge in [-0.3, -0.25) is 4.79 Å². The lowest BCUT2D eigenvalue weighted by atomic mass is 9.98. The van der Waals surface area contributed by atoms with Crippen molar-refractivity contribution in [2.24, 2.45) is 17.6 Å². The van der Waals surface area contributed by atoms with Gasteiger partial charge in [0.25, 0.3) is 0 Å². The Morgan fingerprint density at radius 3 is 2.54 bits per heavy atom. The van der Waals surface area contributed by atoms with Crippen LogP contribution in [0.25, 0.3) is 0 Å². The topological polar surface area (TPSA) is 83.7 Å². The molecule has 4 unspecified atom stereocenters. The summed E-state index contributed by atoms with van der Waals surface area (Å²) >= 11 is 0. The van der Waals surface area contributed by atoms with E-state index in [2.05, 4.69) is 0 Å². The Morgan fingerprint density at radius 1 is 1.04 bits per heavy atom. The van der Waals surface area contributed by atoms with E-state index in [-0.39, 0.29) is 16.8 Å². The molecule has 7 heteroatoms. The van der Waals surface area contributed by atoms with Crippen LogP contribution in [0, 0.1) is 11.8 Å². The molecule has 3 fully saturated rings. The third kappa shape index (κ3) is 3.06. The zero-order valence-electron chi connectivity index (χ0n) is 15.0. The second kappa shape index (κ2) is 6.94. The number of piperidine rings is 1. The Hall–Kier alpha value is -1.44. The number of nitrogens with two attached hydrogens (primary N) is 1. The smallest absolute Gasteiger partial charge is 0.243 e. The first-order valence-electron chi connectivity index (χ1n) is 9.60. The summed E-state index contributed by atoms with van der Waals surface area (Å²) in [6.45, 7) is 1.82. The van der Waals surface area contributed by atoms with Crippen molar-refractivity contribution in [3.8, 4) is 0 Å². The van der Waals surface area contributed by atoms with Gasteiger partial charge in [0.05, 0.1) is 4.90 Å². The lowest BCUT2D eigenvalue weighted by molar-refractivity contribution is -0.135. The molecule has 4 atom stereocenters. The largest absolute Gasteiger partial charge is 0.341 e. The first-order valence-corrected chi connectivity index (χ1v) is 11.0. The number of likely N-dealkylation sites (tertiary alicyclic amines) is 1. The van der Waals surface area contributed by atoms with Crippen LogP contribution in [0.3, 0.4) is 0 Å². The van der Waals surface area contributed by atoms with Crippen molar-refractivity contribution in [2.45, 2.75) is 49.1 Å². The van der Waals surface area contributed by atoms with Gasteiger partial charge in [-0.05, 0) is 49.7 Å². The highest BCUT2D eigenvalue weighted by atomic mass is 32.2. The third-order valence-corrected chi connectivity index (χ3v) is 8.23. The maximum atomic E-state index is 13.2. The fraction of sp³-hybridized carbons (Fsp3) is 0.632. The van der Waals surface area contributed by atoms with E-state index in [1.807, 2.05) is 4.90 Å². The number of carbonyl (C=O) groups is 1. The standard InChI is InChI=1S/C19H27N3O3S/c20-17-10-9-14-12-21(13-16(14)17)19(23)18-8-4-5-11-22(18)26(24,25)15-6-2-1-3-7-15/h1-3,6-7,14,16-18H,4-5,8-13,20H2. The molecule has 1 amide bonds. The highest BCUT2D eigenvalue weighted by Crippen LogP contribution is 2.38. The zero-order valence-corrected chi connectivity index (χ0v) is 15.8. The summed E-state index contributed by atoms with van der Waals surface area (Å²) in [6.07, 6.45) is 4.40. The number of amides is 1. The lowest BCUT2D eigenvalue weighted by Gasteiger charge is -2.36. The summed E-state index contributed by atoms with van der Waals surface area (Å²) < 4.78 is 27.6. The molecule has 6 nitrogen and oxygen atoms in total. The number of rotatable bonds is 3. The van der Waals surface area contributed by atoms with Crippen LogP contribution in [-0.2, 0) is 14.8 Å². The van der Waals surface area contributed by atoms with Crippen molar-refractivity contribution >= 4 is 15.9 Å². The summed E-state index contributed by atoms with van der Waals surface area (Å²) in [5.74, 6) is 0.823. The molecule has 3 aliphatic rings. The number of hydrogen-bond acceptors (Lipinski definition) is 4. The van der Waals surface area contributed by atoms with Crippen molar-refractivity contribution in [2.75, 3.05) is 19.6 Å². The van der Waals surface area contributed by atoms with Crippen LogP contribution in [0.5, 0.6) is 0 Å². The van der Waals surface area contributed by atoms with Crippen molar-refractivity contribution in [3.63, 3.8) is 0 Å². The fourth-order valence-electron chi connectivity index (χ4n) is 4.87. The molecular weight excluding hydrogens is 350 g/mol. The molecule has 1 aromatic carbocycles. The van der Waals surface area contributed by atoms with Crippen LogP contribution in [0.15, 0.2) is 35.2 Å². The molecule has 0 radical (unpaired) electrons. The van der Waals surface area contributed by atoms with Gasteiger partial charge in [0.15, 0.2) is 0 Å². The van der Waals surface area contributed by atoms with Crippen LogP contribution in [0.2, 0.25) is 0 Å². The molecule has 1 aromatic rings. The Bertz CT molecular complexity index is 767. The Morgan fingerprint density at radius 2 is 1.81 bits per heavy atom. The highest BCUT2D eigenvalue weighted by Gasteiger charge is 2.46. The number of nitrogens with zero attached hydrogens (tertiary/aromatic N) is 2. The molecule has 4 rings (SSSR count). The van der Waals surface area contributed by atoms with E-state index in [0.29, 0.717) is 31.3 Å². The van der Waals surface area contributed by atoms with Crippen LogP contribution >= 0.6 is 0 Å². The van der Waals surface area contributed by atoms with Gasteiger partial charge in [-0.15, -0.1) is 0 Å². The number of hydrogen-bond donors (Lipinski definition) is 1. The molecule has 0 aromatic heterocycles. The number of fused-ring (bicyclic) bond motifs is 1. The average molecular weight is 378 g/mol. The van der Waals surface area contributed by atoms with Gasteiger partial charge in [0, 0.05) is 25.7 Å². The van der Waals surface area contributed by atoms with E-state index in [1.54, 1.807) is 30.3 Å². The van der Waals surface area contributed by atoms with Gasteiger partial charge < -0.3 is 10.6 Å². The second-order valence-electron chi connectivity index (χ2n) is 7.85.